The first kappa shape index (κ1) is 15.7. The van der Waals surface area contributed by atoms with Crippen LogP contribution in [0.2, 0.25) is 0 Å². The van der Waals surface area contributed by atoms with Crippen LogP contribution in [0.3, 0.4) is 0 Å². The van der Waals surface area contributed by atoms with Crippen LogP contribution in [0, 0.1) is 11.8 Å². The van der Waals surface area contributed by atoms with E-state index in [2.05, 4.69) is 38.7 Å². The van der Waals surface area contributed by atoms with Crippen molar-refractivity contribution in [2.24, 2.45) is 11.8 Å². The summed E-state index contributed by atoms with van der Waals surface area (Å²) in [6.45, 7) is 11.2. The molecule has 0 spiro atoms. The van der Waals surface area contributed by atoms with Gasteiger partial charge in [-0.05, 0) is 42.9 Å². The highest BCUT2D eigenvalue weighted by Crippen LogP contribution is 2.24. The summed E-state index contributed by atoms with van der Waals surface area (Å²) in [7, 11) is 0. The smallest absolute Gasteiger partial charge is 0.0568 e. The van der Waals surface area contributed by atoms with Gasteiger partial charge in [-0.2, -0.15) is 0 Å². The van der Waals surface area contributed by atoms with Gasteiger partial charge in [-0.3, -0.25) is 0 Å². The fraction of sp³-hybridized carbons (Fsp3) is 0.625. The van der Waals surface area contributed by atoms with Gasteiger partial charge in [-0.25, -0.2) is 0 Å². The lowest BCUT2D eigenvalue weighted by Gasteiger charge is -2.27. The first-order valence-electron chi connectivity index (χ1n) is 7.30. The van der Waals surface area contributed by atoms with Gasteiger partial charge >= 0.3 is 0 Å². The van der Waals surface area contributed by atoms with E-state index in [1.54, 1.807) is 0 Å². The molecule has 0 aliphatic heterocycles. The second kappa shape index (κ2) is 7.27. The summed E-state index contributed by atoms with van der Waals surface area (Å²) in [6, 6.07) is 5.98. The standard InChI is InChI=1S/C16H29N3/c1-12(2)7-9-19(10-8-13(3)4)14-5-6-15(17)16(18)11-14/h5-6,11-13H,7-10,17-18H2,1-4H3. The molecule has 0 saturated carbocycles. The summed E-state index contributed by atoms with van der Waals surface area (Å²) in [5.41, 5.74) is 14.2. The Hall–Kier alpha value is -1.38. The van der Waals surface area contributed by atoms with Crippen LogP contribution in [-0.2, 0) is 0 Å². The third-order valence-electron chi connectivity index (χ3n) is 3.39. The quantitative estimate of drug-likeness (QED) is 0.737. The molecule has 1 aromatic rings. The van der Waals surface area contributed by atoms with Crippen LogP contribution in [0.25, 0.3) is 0 Å². The lowest BCUT2D eigenvalue weighted by atomic mass is 10.1. The molecular weight excluding hydrogens is 234 g/mol. The monoisotopic (exact) mass is 263 g/mol. The van der Waals surface area contributed by atoms with Crippen molar-refractivity contribution in [3.63, 3.8) is 0 Å². The minimum Gasteiger partial charge on any atom is -0.397 e. The van der Waals surface area contributed by atoms with E-state index < -0.39 is 0 Å². The van der Waals surface area contributed by atoms with Crippen LogP contribution in [0.1, 0.15) is 40.5 Å². The number of nitrogens with two attached hydrogens (primary N) is 2. The van der Waals surface area contributed by atoms with Gasteiger partial charge in [-0.1, -0.05) is 27.7 Å². The van der Waals surface area contributed by atoms with Crippen molar-refractivity contribution in [1.29, 1.82) is 0 Å². The predicted octanol–water partition coefficient (Wildman–Crippen LogP) is 3.75. The van der Waals surface area contributed by atoms with E-state index in [1.165, 1.54) is 18.5 Å². The van der Waals surface area contributed by atoms with E-state index in [9.17, 15) is 0 Å². The summed E-state index contributed by atoms with van der Waals surface area (Å²) >= 11 is 0. The van der Waals surface area contributed by atoms with Crippen molar-refractivity contribution in [1.82, 2.24) is 0 Å². The Balaban J connectivity index is 2.78. The van der Waals surface area contributed by atoms with Crippen LogP contribution >= 0.6 is 0 Å². The van der Waals surface area contributed by atoms with Crippen LogP contribution in [0.5, 0.6) is 0 Å². The second-order valence-electron chi connectivity index (χ2n) is 6.17. The van der Waals surface area contributed by atoms with Crippen LogP contribution < -0.4 is 16.4 Å². The number of anilines is 3. The molecule has 19 heavy (non-hydrogen) atoms. The number of hydrogen-bond acceptors (Lipinski definition) is 3. The highest BCUT2D eigenvalue weighted by Gasteiger charge is 2.09. The fourth-order valence-corrected chi connectivity index (χ4v) is 1.96. The minimum atomic E-state index is 0.663. The van der Waals surface area contributed by atoms with Gasteiger partial charge < -0.3 is 16.4 Å². The lowest BCUT2D eigenvalue weighted by Crippen LogP contribution is -2.27. The summed E-state index contributed by atoms with van der Waals surface area (Å²) < 4.78 is 0. The molecule has 1 rings (SSSR count). The highest BCUT2D eigenvalue weighted by atomic mass is 15.1. The van der Waals surface area contributed by atoms with Crippen molar-refractivity contribution in [2.45, 2.75) is 40.5 Å². The highest BCUT2D eigenvalue weighted by molar-refractivity contribution is 5.69. The van der Waals surface area contributed by atoms with Crippen molar-refractivity contribution < 1.29 is 0 Å². The lowest BCUT2D eigenvalue weighted by molar-refractivity contribution is 0.535. The van der Waals surface area contributed by atoms with E-state index in [-0.39, 0.29) is 0 Å². The van der Waals surface area contributed by atoms with Crippen LogP contribution in [0.15, 0.2) is 18.2 Å². The molecule has 0 aromatic heterocycles. The Kier molecular flexibility index (Phi) is 6.00. The minimum absolute atomic E-state index is 0.663. The Morgan fingerprint density at radius 2 is 1.42 bits per heavy atom. The number of hydrogen-bond donors (Lipinski definition) is 2. The largest absolute Gasteiger partial charge is 0.397 e. The molecule has 0 fully saturated rings. The van der Waals surface area contributed by atoms with Crippen molar-refractivity contribution >= 4 is 17.1 Å². The van der Waals surface area contributed by atoms with Crippen molar-refractivity contribution in [2.75, 3.05) is 29.5 Å². The number of benzene rings is 1. The summed E-state index contributed by atoms with van der Waals surface area (Å²) in [5, 5.41) is 0. The summed E-state index contributed by atoms with van der Waals surface area (Å²) in [6.07, 6.45) is 2.39. The zero-order valence-corrected chi connectivity index (χ0v) is 12.8. The van der Waals surface area contributed by atoms with Gasteiger partial charge in [-0.15, -0.1) is 0 Å². The van der Waals surface area contributed by atoms with E-state index in [0.717, 1.165) is 13.1 Å². The summed E-state index contributed by atoms with van der Waals surface area (Å²) in [4.78, 5) is 2.43. The first-order chi connectivity index (χ1) is 8.90. The van der Waals surface area contributed by atoms with Crippen LogP contribution in [-0.4, -0.2) is 13.1 Å². The van der Waals surface area contributed by atoms with Gasteiger partial charge in [0.2, 0.25) is 0 Å². The number of rotatable bonds is 7. The predicted molar refractivity (Wildman–Crippen MR) is 86.4 cm³/mol. The van der Waals surface area contributed by atoms with Crippen molar-refractivity contribution in [3.05, 3.63) is 18.2 Å². The number of nitrogen functional groups attached to an aromatic ring is 2. The molecule has 0 bridgehead atoms. The molecule has 1 aromatic carbocycles. The molecule has 0 aliphatic rings. The Labute approximate surface area is 118 Å². The van der Waals surface area contributed by atoms with Gasteiger partial charge in [0.25, 0.3) is 0 Å². The molecule has 3 heteroatoms. The van der Waals surface area contributed by atoms with Crippen LogP contribution in [0.4, 0.5) is 17.1 Å². The summed E-state index contributed by atoms with van der Waals surface area (Å²) in [5.74, 6) is 1.43. The van der Waals surface area contributed by atoms with E-state index >= 15 is 0 Å². The molecule has 0 aliphatic carbocycles. The molecule has 0 atom stereocenters. The second-order valence-corrected chi connectivity index (χ2v) is 6.17. The number of nitrogens with zero attached hydrogens (tertiary/aromatic N) is 1. The van der Waals surface area contributed by atoms with Gasteiger partial charge in [0, 0.05) is 18.8 Å². The topological polar surface area (TPSA) is 55.3 Å². The molecule has 0 unspecified atom stereocenters. The van der Waals surface area contributed by atoms with E-state index in [1.807, 2.05) is 12.1 Å². The maximum atomic E-state index is 5.92. The van der Waals surface area contributed by atoms with Gasteiger partial charge in [0.1, 0.15) is 0 Å². The molecule has 0 saturated heterocycles. The van der Waals surface area contributed by atoms with E-state index in [0.29, 0.717) is 23.2 Å². The third-order valence-corrected chi connectivity index (χ3v) is 3.39. The Morgan fingerprint density at radius 3 is 1.84 bits per heavy atom. The average molecular weight is 263 g/mol. The first-order valence-corrected chi connectivity index (χ1v) is 7.30. The third kappa shape index (κ3) is 5.41. The molecule has 0 radical (unpaired) electrons. The molecule has 0 amide bonds. The Morgan fingerprint density at radius 1 is 0.895 bits per heavy atom. The molecular formula is C16H29N3. The molecule has 108 valence electrons. The average Bonchev–Trinajstić information content (AvgIpc) is 2.32. The molecule has 4 N–H and O–H groups in total. The maximum absolute atomic E-state index is 5.92. The van der Waals surface area contributed by atoms with Crippen molar-refractivity contribution in [3.8, 4) is 0 Å². The Bertz CT molecular complexity index is 374. The zero-order valence-electron chi connectivity index (χ0n) is 12.8. The normalized spacial score (nSPS) is 11.3. The molecule has 3 nitrogen and oxygen atoms in total. The maximum Gasteiger partial charge on any atom is 0.0568 e. The molecule has 0 heterocycles. The van der Waals surface area contributed by atoms with Gasteiger partial charge in [0.15, 0.2) is 0 Å². The fourth-order valence-electron chi connectivity index (χ4n) is 1.96. The van der Waals surface area contributed by atoms with E-state index in [4.69, 9.17) is 11.5 Å². The zero-order chi connectivity index (χ0) is 14.4. The SMILES string of the molecule is CC(C)CCN(CCC(C)C)c1ccc(N)c(N)c1. The van der Waals surface area contributed by atoms with Gasteiger partial charge in [0.05, 0.1) is 11.4 Å².